The maximum atomic E-state index is 8.83. The van der Waals surface area contributed by atoms with Crippen LogP contribution in [0.25, 0.3) is 0 Å². The molecule has 30 heavy (non-hydrogen) atoms. The number of aromatic nitrogens is 2. The van der Waals surface area contributed by atoms with E-state index in [9.17, 15) is 0 Å². The fraction of sp³-hybridized carbons (Fsp3) is 0.476. The minimum Gasteiger partial charge on any atom is -0.496 e. The Hall–Kier alpha value is -2.77. The summed E-state index contributed by atoms with van der Waals surface area (Å²) >= 11 is 0. The fourth-order valence-corrected chi connectivity index (χ4v) is 4.03. The second kappa shape index (κ2) is 9.36. The first kappa shape index (κ1) is 20.5. The number of nitrogens with one attached hydrogen (secondary N) is 3. The molecule has 2 aromatic rings. The molecule has 2 aliphatic rings. The Balaban J connectivity index is 1.38. The molecule has 3 N–H and O–H groups in total. The molecule has 2 fully saturated rings. The van der Waals surface area contributed by atoms with Gasteiger partial charge in [-0.1, -0.05) is 12.1 Å². The first-order valence-corrected chi connectivity index (χ1v) is 10.1. The number of methoxy groups -OCH3 is 2. The summed E-state index contributed by atoms with van der Waals surface area (Å²) in [6, 6.07) is 8.51. The lowest BCUT2D eigenvalue weighted by atomic mass is 10.0. The lowest BCUT2D eigenvalue weighted by molar-refractivity contribution is 0.107. The quantitative estimate of drug-likeness (QED) is 0.628. The van der Waals surface area contributed by atoms with Crippen molar-refractivity contribution < 1.29 is 9.47 Å². The standard InChI is InChI=1S/C21H27N7O2/c1-29-16-5-6-28(13-16)12-14-3-4-17(19(7-14)30-2)18-8-20(27-26-18)25-21-11-23-15(9-22)10-24-21/h3-4,7,10-11,16,18,20,26-27H,5-6,8,12-13H2,1-2H3,(H,24,25)/t16-,18?,20?/m0/s1. The maximum Gasteiger partial charge on any atom is 0.158 e. The molecule has 4 rings (SSSR count). The molecule has 0 amide bonds. The van der Waals surface area contributed by atoms with Crippen molar-refractivity contribution in [2.45, 2.75) is 37.7 Å². The predicted octanol–water partition coefficient (Wildman–Crippen LogP) is 1.55. The van der Waals surface area contributed by atoms with Crippen molar-refractivity contribution in [3.8, 4) is 11.8 Å². The highest BCUT2D eigenvalue weighted by atomic mass is 16.5. The number of ether oxygens (including phenoxy) is 2. The van der Waals surface area contributed by atoms with E-state index in [-0.39, 0.29) is 12.2 Å². The third-order valence-corrected chi connectivity index (χ3v) is 5.63. The van der Waals surface area contributed by atoms with E-state index in [1.807, 2.05) is 6.07 Å². The van der Waals surface area contributed by atoms with Crippen LogP contribution in [-0.4, -0.2) is 54.4 Å². The van der Waals surface area contributed by atoms with E-state index in [0.717, 1.165) is 43.8 Å². The second-order valence-electron chi connectivity index (χ2n) is 7.63. The van der Waals surface area contributed by atoms with Crippen LogP contribution in [0.1, 0.15) is 35.7 Å². The molecule has 2 saturated heterocycles. The molecule has 0 bridgehead atoms. The molecule has 1 aromatic heterocycles. The number of hydrazine groups is 1. The Bertz CT molecular complexity index is 899. The van der Waals surface area contributed by atoms with Crippen molar-refractivity contribution in [1.82, 2.24) is 25.7 Å². The molecule has 0 aliphatic carbocycles. The normalized spacial score (nSPS) is 24.0. The van der Waals surface area contributed by atoms with E-state index in [2.05, 4.69) is 49.2 Å². The van der Waals surface area contributed by atoms with Gasteiger partial charge in [-0.15, -0.1) is 0 Å². The van der Waals surface area contributed by atoms with E-state index in [4.69, 9.17) is 14.7 Å². The molecule has 0 spiro atoms. The Labute approximate surface area is 176 Å². The van der Waals surface area contributed by atoms with Crippen molar-refractivity contribution >= 4 is 5.82 Å². The molecule has 3 atom stereocenters. The third kappa shape index (κ3) is 4.68. The van der Waals surface area contributed by atoms with E-state index in [0.29, 0.717) is 17.6 Å². The summed E-state index contributed by atoms with van der Waals surface area (Å²) in [5.74, 6) is 1.50. The molecular weight excluding hydrogens is 382 g/mol. The fourth-order valence-electron chi connectivity index (χ4n) is 4.03. The van der Waals surface area contributed by atoms with Crippen LogP contribution in [0.3, 0.4) is 0 Å². The van der Waals surface area contributed by atoms with Crippen LogP contribution < -0.4 is 20.9 Å². The molecule has 0 saturated carbocycles. The minimum atomic E-state index is -0.0165. The van der Waals surface area contributed by atoms with E-state index in [1.165, 1.54) is 11.8 Å². The molecule has 2 unspecified atom stereocenters. The highest BCUT2D eigenvalue weighted by Crippen LogP contribution is 2.32. The summed E-state index contributed by atoms with van der Waals surface area (Å²) in [4.78, 5) is 10.7. The van der Waals surface area contributed by atoms with Crippen LogP contribution in [0, 0.1) is 11.3 Å². The Morgan fingerprint density at radius 1 is 1.27 bits per heavy atom. The van der Waals surface area contributed by atoms with Gasteiger partial charge in [0.1, 0.15) is 17.6 Å². The lowest BCUT2D eigenvalue weighted by Gasteiger charge is -2.19. The number of anilines is 1. The molecule has 2 aliphatic heterocycles. The van der Waals surface area contributed by atoms with Crippen molar-refractivity contribution in [3.05, 3.63) is 47.4 Å². The van der Waals surface area contributed by atoms with E-state index < -0.39 is 0 Å². The molecular formula is C21H27N7O2. The SMILES string of the molecule is COc1cc(CN2CC[C@H](OC)C2)ccc1C1CC(Nc2cnc(C#N)cn2)NN1. The lowest BCUT2D eigenvalue weighted by Crippen LogP contribution is -2.36. The highest BCUT2D eigenvalue weighted by Gasteiger charge is 2.28. The van der Waals surface area contributed by atoms with Gasteiger partial charge in [0.05, 0.1) is 37.8 Å². The van der Waals surface area contributed by atoms with Gasteiger partial charge in [0.25, 0.3) is 0 Å². The van der Waals surface area contributed by atoms with Gasteiger partial charge in [0, 0.05) is 38.7 Å². The number of hydrogen-bond acceptors (Lipinski definition) is 9. The number of nitrogens with zero attached hydrogens (tertiary/aromatic N) is 4. The Kier molecular flexibility index (Phi) is 6.40. The molecule has 9 nitrogen and oxygen atoms in total. The zero-order chi connectivity index (χ0) is 20.9. The summed E-state index contributed by atoms with van der Waals surface area (Å²) in [7, 11) is 3.49. The van der Waals surface area contributed by atoms with Gasteiger partial charge in [-0.25, -0.2) is 20.8 Å². The van der Waals surface area contributed by atoms with Crippen molar-refractivity contribution in [1.29, 1.82) is 5.26 Å². The van der Waals surface area contributed by atoms with Crippen molar-refractivity contribution in [2.75, 3.05) is 32.6 Å². The first-order valence-electron chi connectivity index (χ1n) is 10.1. The van der Waals surface area contributed by atoms with Crippen LogP contribution >= 0.6 is 0 Å². The zero-order valence-electron chi connectivity index (χ0n) is 17.3. The van der Waals surface area contributed by atoms with Gasteiger partial charge in [0.15, 0.2) is 5.69 Å². The largest absolute Gasteiger partial charge is 0.496 e. The monoisotopic (exact) mass is 409 g/mol. The van der Waals surface area contributed by atoms with Crippen LogP contribution in [0.15, 0.2) is 30.6 Å². The van der Waals surface area contributed by atoms with Crippen LogP contribution in [0.4, 0.5) is 5.82 Å². The molecule has 158 valence electrons. The van der Waals surface area contributed by atoms with Gasteiger partial charge in [0.2, 0.25) is 0 Å². The number of likely N-dealkylation sites (tertiary alicyclic amines) is 1. The average molecular weight is 409 g/mol. The number of benzene rings is 1. The van der Waals surface area contributed by atoms with Crippen LogP contribution in [0.2, 0.25) is 0 Å². The number of rotatable bonds is 7. The van der Waals surface area contributed by atoms with Crippen LogP contribution in [0.5, 0.6) is 5.75 Å². The summed E-state index contributed by atoms with van der Waals surface area (Å²) in [5.41, 5.74) is 9.22. The third-order valence-electron chi connectivity index (χ3n) is 5.63. The smallest absolute Gasteiger partial charge is 0.158 e. The predicted molar refractivity (Wildman–Crippen MR) is 111 cm³/mol. The van der Waals surface area contributed by atoms with Crippen LogP contribution in [-0.2, 0) is 11.3 Å². The van der Waals surface area contributed by atoms with Gasteiger partial charge >= 0.3 is 0 Å². The highest BCUT2D eigenvalue weighted by molar-refractivity contribution is 5.41. The molecule has 0 radical (unpaired) electrons. The summed E-state index contributed by atoms with van der Waals surface area (Å²) < 4.78 is 11.2. The van der Waals surface area contributed by atoms with Gasteiger partial charge < -0.3 is 14.8 Å². The average Bonchev–Trinajstić information content (AvgIpc) is 3.43. The van der Waals surface area contributed by atoms with Crippen molar-refractivity contribution in [2.24, 2.45) is 0 Å². The molecule has 3 heterocycles. The van der Waals surface area contributed by atoms with E-state index in [1.54, 1.807) is 20.4 Å². The summed E-state index contributed by atoms with van der Waals surface area (Å²) in [6.07, 6.45) is 5.23. The summed E-state index contributed by atoms with van der Waals surface area (Å²) in [6.45, 7) is 2.93. The van der Waals surface area contributed by atoms with E-state index >= 15 is 0 Å². The Morgan fingerprint density at radius 2 is 2.17 bits per heavy atom. The maximum absolute atomic E-state index is 8.83. The molecule has 1 aromatic carbocycles. The minimum absolute atomic E-state index is 0.0165. The number of nitriles is 1. The molecule has 9 heteroatoms. The van der Waals surface area contributed by atoms with Crippen molar-refractivity contribution in [3.63, 3.8) is 0 Å². The topological polar surface area (TPSA) is 107 Å². The second-order valence-corrected chi connectivity index (χ2v) is 7.63. The number of hydrogen-bond donors (Lipinski definition) is 3. The van der Waals surface area contributed by atoms with Gasteiger partial charge in [-0.2, -0.15) is 5.26 Å². The van der Waals surface area contributed by atoms with Gasteiger partial charge in [-0.3, -0.25) is 4.90 Å². The van der Waals surface area contributed by atoms with Gasteiger partial charge in [-0.05, 0) is 18.1 Å². The first-order chi connectivity index (χ1) is 14.7. The zero-order valence-corrected chi connectivity index (χ0v) is 17.3. The Morgan fingerprint density at radius 3 is 2.87 bits per heavy atom. The summed E-state index contributed by atoms with van der Waals surface area (Å²) in [5, 5.41) is 12.1.